The van der Waals surface area contributed by atoms with E-state index in [1.165, 1.54) is 0 Å². The zero-order valence-corrected chi connectivity index (χ0v) is 16.8. The number of hydrogen-bond donors (Lipinski definition) is 0. The molecule has 4 nitrogen and oxygen atoms in total. The van der Waals surface area contributed by atoms with Crippen molar-refractivity contribution in [1.82, 2.24) is 0 Å². The molecule has 0 radical (unpaired) electrons. The summed E-state index contributed by atoms with van der Waals surface area (Å²) in [5, 5.41) is 0. The number of allylic oxidation sites excluding steroid dienone is 5. The minimum Gasteiger partial charge on any atom is -0.427 e. The predicted molar refractivity (Wildman–Crippen MR) is 105 cm³/mol. The number of ether oxygens (including phenoxy) is 2. The molecule has 1 saturated heterocycles. The largest absolute Gasteiger partial charge is 0.427 e. The SMILES string of the molecule is CCC/C=C1\OC(=O)C2=C[C@H]3CC[C@]21C1C2=C(CCC13)/C(=C\CCC)OC2=O. The molecule has 4 atom stereocenters. The van der Waals surface area contributed by atoms with Gasteiger partial charge in [-0.05, 0) is 62.5 Å². The molecule has 0 amide bonds. The quantitative estimate of drug-likeness (QED) is 0.635. The highest BCUT2D eigenvalue weighted by Gasteiger charge is 2.66. The smallest absolute Gasteiger partial charge is 0.340 e. The molecule has 2 unspecified atom stereocenters. The van der Waals surface area contributed by atoms with Crippen molar-refractivity contribution in [1.29, 1.82) is 0 Å². The van der Waals surface area contributed by atoms with Gasteiger partial charge in [0.1, 0.15) is 11.5 Å². The molecule has 1 saturated carbocycles. The van der Waals surface area contributed by atoms with Crippen LogP contribution in [0.2, 0.25) is 0 Å². The Kier molecular flexibility index (Phi) is 4.15. The molecule has 1 spiro atoms. The third-order valence-corrected chi connectivity index (χ3v) is 7.43. The van der Waals surface area contributed by atoms with Gasteiger partial charge >= 0.3 is 11.9 Å². The Balaban J connectivity index is 1.68. The third-order valence-electron chi connectivity index (χ3n) is 7.43. The van der Waals surface area contributed by atoms with E-state index in [2.05, 4.69) is 32.1 Å². The molecule has 6 aliphatic rings. The van der Waals surface area contributed by atoms with E-state index in [0.29, 0.717) is 11.8 Å². The summed E-state index contributed by atoms with van der Waals surface area (Å²) in [5.41, 5.74) is 2.29. The standard InChI is InChI=1S/C24H28O4/c1-3-5-7-18-16-10-9-15-14-11-12-24(21(15)20(16)23(26)27-18)17(13-14)22(25)28-19(24)8-6-4-2/h7-8,13-15,21H,3-6,9-12H2,1-2H3/b18-7+,19-8-/t14-,15?,21?,24+/m1/s1. The van der Waals surface area contributed by atoms with E-state index >= 15 is 0 Å². The Morgan fingerprint density at radius 2 is 1.86 bits per heavy atom. The van der Waals surface area contributed by atoms with Crippen molar-refractivity contribution >= 4 is 11.9 Å². The van der Waals surface area contributed by atoms with Crippen molar-refractivity contribution in [2.24, 2.45) is 23.2 Å². The molecule has 0 aromatic carbocycles. The van der Waals surface area contributed by atoms with Crippen LogP contribution >= 0.6 is 0 Å². The van der Waals surface area contributed by atoms with E-state index < -0.39 is 5.41 Å². The second kappa shape index (κ2) is 6.47. The van der Waals surface area contributed by atoms with Gasteiger partial charge in [0.15, 0.2) is 0 Å². The summed E-state index contributed by atoms with van der Waals surface area (Å²) >= 11 is 0. The Morgan fingerprint density at radius 3 is 2.64 bits per heavy atom. The molecule has 2 bridgehead atoms. The predicted octanol–water partition coefficient (Wildman–Crippen LogP) is 5.13. The number of unbranched alkanes of at least 4 members (excludes halogenated alkanes) is 2. The fourth-order valence-corrected chi connectivity index (χ4v) is 6.29. The molecular weight excluding hydrogens is 352 g/mol. The van der Waals surface area contributed by atoms with Crippen molar-refractivity contribution in [3.8, 4) is 0 Å². The van der Waals surface area contributed by atoms with E-state index in [9.17, 15) is 9.59 Å². The maximum Gasteiger partial charge on any atom is 0.340 e. The lowest BCUT2D eigenvalue weighted by molar-refractivity contribution is -0.135. The molecule has 4 aliphatic carbocycles. The van der Waals surface area contributed by atoms with Crippen molar-refractivity contribution < 1.29 is 19.1 Å². The number of carbonyl (C=O) groups is 2. The van der Waals surface area contributed by atoms with Crippen molar-refractivity contribution in [3.63, 3.8) is 0 Å². The van der Waals surface area contributed by atoms with Gasteiger partial charge in [0, 0.05) is 22.6 Å². The summed E-state index contributed by atoms with van der Waals surface area (Å²) in [6.45, 7) is 4.26. The highest BCUT2D eigenvalue weighted by Crippen LogP contribution is 2.68. The van der Waals surface area contributed by atoms with Gasteiger partial charge in [-0.1, -0.05) is 32.8 Å². The molecule has 6 rings (SSSR count). The number of esters is 2. The summed E-state index contributed by atoms with van der Waals surface area (Å²) in [6, 6.07) is 0. The topological polar surface area (TPSA) is 52.6 Å². The van der Waals surface area contributed by atoms with E-state index in [4.69, 9.17) is 9.47 Å². The summed E-state index contributed by atoms with van der Waals surface area (Å²) in [6.07, 6.45) is 14.1. The minimum absolute atomic E-state index is 0.0181. The first kappa shape index (κ1) is 18.0. The van der Waals surface area contributed by atoms with Crippen LogP contribution < -0.4 is 0 Å². The van der Waals surface area contributed by atoms with E-state index in [1.807, 2.05) is 0 Å². The van der Waals surface area contributed by atoms with Crippen LogP contribution in [0.15, 0.2) is 46.5 Å². The van der Waals surface area contributed by atoms with Gasteiger partial charge in [0.05, 0.1) is 5.41 Å². The highest BCUT2D eigenvalue weighted by molar-refractivity contribution is 5.99. The first-order chi connectivity index (χ1) is 13.6. The van der Waals surface area contributed by atoms with Crippen LogP contribution in [-0.4, -0.2) is 11.9 Å². The molecule has 0 N–H and O–H groups in total. The Labute approximate surface area is 166 Å². The molecular formula is C24H28O4. The molecule has 2 aliphatic heterocycles. The number of carbonyl (C=O) groups excluding carboxylic acids is 2. The van der Waals surface area contributed by atoms with Crippen LogP contribution in [0, 0.1) is 23.2 Å². The van der Waals surface area contributed by atoms with Gasteiger partial charge in [-0.25, -0.2) is 9.59 Å². The van der Waals surface area contributed by atoms with Gasteiger partial charge < -0.3 is 9.47 Å². The van der Waals surface area contributed by atoms with Crippen LogP contribution in [0.1, 0.15) is 65.2 Å². The normalized spacial score (nSPS) is 38.4. The van der Waals surface area contributed by atoms with E-state index in [0.717, 1.165) is 79.6 Å². The van der Waals surface area contributed by atoms with Crippen LogP contribution in [0.25, 0.3) is 0 Å². The number of hydrogen-bond acceptors (Lipinski definition) is 4. The fraction of sp³-hybridized carbons (Fsp3) is 0.583. The Bertz CT molecular complexity index is 871. The monoisotopic (exact) mass is 380 g/mol. The average molecular weight is 380 g/mol. The van der Waals surface area contributed by atoms with Gasteiger partial charge in [0.25, 0.3) is 0 Å². The third kappa shape index (κ3) is 2.23. The Morgan fingerprint density at radius 1 is 1.07 bits per heavy atom. The van der Waals surface area contributed by atoms with Crippen molar-refractivity contribution in [2.75, 3.05) is 0 Å². The summed E-state index contributed by atoms with van der Waals surface area (Å²) < 4.78 is 11.6. The average Bonchev–Trinajstić information content (AvgIpc) is 3.19. The molecule has 2 fully saturated rings. The second-order valence-corrected chi connectivity index (χ2v) is 8.82. The number of cyclic esters (lactones) is 2. The first-order valence-electron chi connectivity index (χ1n) is 10.9. The molecule has 148 valence electrons. The lowest BCUT2D eigenvalue weighted by Crippen LogP contribution is -2.50. The molecule has 28 heavy (non-hydrogen) atoms. The molecule has 0 aromatic rings. The van der Waals surface area contributed by atoms with Crippen molar-refractivity contribution in [2.45, 2.75) is 65.2 Å². The van der Waals surface area contributed by atoms with Gasteiger partial charge in [0.2, 0.25) is 0 Å². The number of fused-ring (bicyclic) bond motifs is 1. The van der Waals surface area contributed by atoms with E-state index in [-0.39, 0.29) is 17.9 Å². The molecule has 0 aromatic heterocycles. The van der Waals surface area contributed by atoms with Crippen LogP contribution in [0.5, 0.6) is 0 Å². The maximum absolute atomic E-state index is 13.0. The van der Waals surface area contributed by atoms with Crippen molar-refractivity contribution in [3.05, 3.63) is 46.5 Å². The minimum atomic E-state index is -0.452. The maximum atomic E-state index is 13.0. The van der Waals surface area contributed by atoms with Gasteiger partial charge in [-0.2, -0.15) is 0 Å². The van der Waals surface area contributed by atoms with Crippen LogP contribution in [0.3, 0.4) is 0 Å². The lowest BCUT2D eigenvalue weighted by Gasteiger charge is -2.54. The van der Waals surface area contributed by atoms with Crippen LogP contribution in [-0.2, 0) is 19.1 Å². The zero-order chi connectivity index (χ0) is 19.5. The second-order valence-electron chi connectivity index (χ2n) is 8.82. The zero-order valence-electron chi connectivity index (χ0n) is 16.8. The summed E-state index contributed by atoms with van der Waals surface area (Å²) in [5.74, 6) is 1.96. The van der Waals surface area contributed by atoms with Gasteiger partial charge in [-0.3, -0.25) is 0 Å². The summed E-state index contributed by atoms with van der Waals surface area (Å²) in [4.78, 5) is 25.8. The first-order valence-corrected chi connectivity index (χ1v) is 10.9. The summed E-state index contributed by atoms with van der Waals surface area (Å²) in [7, 11) is 0. The van der Waals surface area contributed by atoms with Gasteiger partial charge in [-0.15, -0.1) is 0 Å². The highest BCUT2D eigenvalue weighted by atomic mass is 16.5. The van der Waals surface area contributed by atoms with E-state index in [1.54, 1.807) is 0 Å². The molecule has 4 heteroatoms. The molecule has 2 heterocycles. The Hall–Kier alpha value is -2.10. The number of rotatable bonds is 4. The van der Waals surface area contributed by atoms with Crippen LogP contribution in [0.4, 0.5) is 0 Å². The lowest BCUT2D eigenvalue weighted by atomic mass is 9.47. The fourth-order valence-electron chi connectivity index (χ4n) is 6.29.